The predicted octanol–water partition coefficient (Wildman–Crippen LogP) is 6.61. The van der Waals surface area contributed by atoms with Gasteiger partial charge in [-0.15, -0.1) is 0 Å². The number of halogens is 2. The zero-order chi connectivity index (χ0) is 19.2. The molecule has 0 aliphatic rings. The van der Waals surface area contributed by atoms with Crippen molar-refractivity contribution in [2.45, 2.75) is 20.1 Å². The Morgan fingerprint density at radius 1 is 1.00 bits per heavy atom. The molecule has 5 heteroatoms. The molecule has 27 heavy (non-hydrogen) atoms. The lowest BCUT2D eigenvalue weighted by Crippen LogP contribution is -2.03. The second kappa shape index (κ2) is 9.16. The van der Waals surface area contributed by atoms with E-state index in [1.165, 1.54) is 5.56 Å². The number of aryl methyl sites for hydroxylation is 1. The molecule has 0 spiro atoms. The quantitative estimate of drug-likeness (QED) is 0.443. The van der Waals surface area contributed by atoms with E-state index < -0.39 is 0 Å². The van der Waals surface area contributed by atoms with Crippen molar-refractivity contribution in [2.75, 3.05) is 12.4 Å². The lowest BCUT2D eigenvalue weighted by molar-refractivity contribution is 0.284. The maximum atomic E-state index is 6.47. The van der Waals surface area contributed by atoms with Crippen molar-refractivity contribution >= 4 is 33.2 Å². The first-order valence-electron chi connectivity index (χ1n) is 8.59. The maximum Gasteiger partial charge on any atom is 0.163 e. The van der Waals surface area contributed by atoms with Crippen molar-refractivity contribution in [2.24, 2.45) is 0 Å². The monoisotopic (exact) mass is 445 g/mol. The lowest BCUT2D eigenvalue weighted by atomic mass is 10.1. The first-order chi connectivity index (χ1) is 13.0. The molecule has 3 nitrogen and oxygen atoms in total. The van der Waals surface area contributed by atoms with Gasteiger partial charge in [-0.2, -0.15) is 0 Å². The fourth-order valence-electron chi connectivity index (χ4n) is 2.71. The van der Waals surface area contributed by atoms with Crippen LogP contribution in [0.2, 0.25) is 5.02 Å². The first-order valence-corrected chi connectivity index (χ1v) is 9.76. The number of anilines is 1. The second-order valence-corrected chi connectivity index (χ2v) is 7.56. The van der Waals surface area contributed by atoms with Crippen LogP contribution in [0.3, 0.4) is 0 Å². The van der Waals surface area contributed by atoms with Gasteiger partial charge in [-0.3, -0.25) is 0 Å². The Balaban J connectivity index is 1.71. The Morgan fingerprint density at radius 2 is 1.78 bits per heavy atom. The molecule has 0 fully saturated rings. The molecule has 140 valence electrons. The summed E-state index contributed by atoms with van der Waals surface area (Å²) in [5.41, 5.74) is 4.27. The van der Waals surface area contributed by atoms with E-state index in [1.807, 2.05) is 48.5 Å². The molecule has 1 N–H and O–H groups in total. The van der Waals surface area contributed by atoms with Crippen LogP contribution in [0.5, 0.6) is 11.5 Å². The second-order valence-electron chi connectivity index (χ2n) is 6.23. The summed E-state index contributed by atoms with van der Waals surface area (Å²) in [7, 11) is 1.63. The van der Waals surface area contributed by atoms with Crippen molar-refractivity contribution in [1.82, 2.24) is 0 Å². The number of nitrogens with one attached hydrogen (secondary N) is 1. The topological polar surface area (TPSA) is 30.5 Å². The van der Waals surface area contributed by atoms with Gasteiger partial charge in [0.25, 0.3) is 0 Å². The van der Waals surface area contributed by atoms with E-state index in [1.54, 1.807) is 7.11 Å². The third-order valence-corrected chi connectivity index (χ3v) is 5.02. The molecule has 0 saturated carbocycles. The smallest absolute Gasteiger partial charge is 0.163 e. The van der Waals surface area contributed by atoms with Crippen LogP contribution in [0.1, 0.15) is 16.7 Å². The minimum Gasteiger partial charge on any atom is -0.493 e. The summed E-state index contributed by atoms with van der Waals surface area (Å²) in [6, 6.07) is 20.0. The van der Waals surface area contributed by atoms with Gasteiger partial charge < -0.3 is 14.8 Å². The SMILES string of the molecule is COc1cc(CNc2ccc(Br)cc2)c(Cl)cc1OCc1cccc(C)c1. The Bertz CT molecular complexity index is 913. The highest BCUT2D eigenvalue weighted by atomic mass is 79.9. The molecule has 0 heterocycles. The normalized spacial score (nSPS) is 10.5. The van der Waals surface area contributed by atoms with E-state index in [9.17, 15) is 0 Å². The van der Waals surface area contributed by atoms with Gasteiger partial charge in [-0.05, 0) is 48.4 Å². The molecule has 3 aromatic carbocycles. The highest BCUT2D eigenvalue weighted by molar-refractivity contribution is 9.10. The summed E-state index contributed by atoms with van der Waals surface area (Å²) in [4.78, 5) is 0. The van der Waals surface area contributed by atoms with Crippen molar-refractivity contribution < 1.29 is 9.47 Å². The third-order valence-electron chi connectivity index (χ3n) is 4.14. The number of hydrogen-bond acceptors (Lipinski definition) is 3. The summed E-state index contributed by atoms with van der Waals surface area (Å²) in [6.45, 7) is 3.12. The largest absolute Gasteiger partial charge is 0.493 e. The predicted molar refractivity (Wildman–Crippen MR) is 115 cm³/mol. The van der Waals surface area contributed by atoms with Crippen LogP contribution in [-0.4, -0.2) is 7.11 Å². The van der Waals surface area contributed by atoms with E-state index in [2.05, 4.69) is 40.3 Å². The summed E-state index contributed by atoms with van der Waals surface area (Å²) in [5.74, 6) is 1.30. The average Bonchev–Trinajstić information content (AvgIpc) is 2.67. The summed E-state index contributed by atoms with van der Waals surface area (Å²) < 4.78 is 12.5. The highest BCUT2D eigenvalue weighted by Gasteiger charge is 2.11. The van der Waals surface area contributed by atoms with Gasteiger partial charge in [0.2, 0.25) is 0 Å². The van der Waals surface area contributed by atoms with Gasteiger partial charge in [-0.1, -0.05) is 57.4 Å². The lowest BCUT2D eigenvalue weighted by Gasteiger charge is -2.15. The number of ether oxygens (including phenoxy) is 2. The van der Waals surface area contributed by atoms with Gasteiger partial charge in [0.1, 0.15) is 6.61 Å². The summed E-state index contributed by atoms with van der Waals surface area (Å²) >= 11 is 9.91. The standard InChI is InChI=1S/C22H21BrClNO2/c1-15-4-3-5-16(10-15)14-27-22-12-20(24)17(11-21(22)26-2)13-25-19-8-6-18(23)7-9-19/h3-12,25H,13-14H2,1-2H3. The molecule has 3 aromatic rings. The van der Waals surface area contributed by atoms with Gasteiger partial charge in [0.05, 0.1) is 7.11 Å². The van der Waals surface area contributed by atoms with Crippen molar-refractivity contribution in [3.63, 3.8) is 0 Å². The average molecular weight is 447 g/mol. The number of hydrogen-bond donors (Lipinski definition) is 1. The first kappa shape index (κ1) is 19.6. The van der Waals surface area contributed by atoms with Gasteiger partial charge in [0.15, 0.2) is 11.5 Å². The highest BCUT2D eigenvalue weighted by Crippen LogP contribution is 2.34. The Morgan fingerprint density at radius 3 is 2.48 bits per heavy atom. The van der Waals surface area contributed by atoms with Gasteiger partial charge in [0, 0.05) is 27.8 Å². The Hall–Kier alpha value is -2.17. The molecular weight excluding hydrogens is 426 g/mol. The minimum atomic E-state index is 0.463. The van der Waals surface area contributed by atoms with Crippen molar-refractivity contribution in [1.29, 1.82) is 0 Å². The number of rotatable bonds is 7. The molecule has 0 radical (unpaired) electrons. The molecular formula is C22H21BrClNO2. The summed E-state index contributed by atoms with van der Waals surface area (Å²) in [5, 5.41) is 4.00. The minimum absolute atomic E-state index is 0.463. The van der Waals surface area contributed by atoms with Gasteiger partial charge >= 0.3 is 0 Å². The van der Waals surface area contributed by atoms with Crippen LogP contribution < -0.4 is 14.8 Å². The van der Waals surface area contributed by atoms with Crippen LogP contribution in [0.25, 0.3) is 0 Å². The van der Waals surface area contributed by atoms with E-state index in [0.29, 0.717) is 29.7 Å². The molecule has 0 amide bonds. The van der Waals surface area contributed by atoms with Crippen LogP contribution in [0.15, 0.2) is 65.1 Å². The fraction of sp³-hybridized carbons (Fsp3) is 0.182. The number of methoxy groups -OCH3 is 1. The Kier molecular flexibility index (Phi) is 6.64. The van der Waals surface area contributed by atoms with E-state index >= 15 is 0 Å². The van der Waals surface area contributed by atoms with Gasteiger partial charge in [-0.25, -0.2) is 0 Å². The van der Waals surface area contributed by atoms with E-state index in [4.69, 9.17) is 21.1 Å². The van der Waals surface area contributed by atoms with Crippen LogP contribution in [-0.2, 0) is 13.2 Å². The molecule has 0 bridgehead atoms. The summed E-state index contributed by atoms with van der Waals surface area (Å²) in [6.07, 6.45) is 0. The molecule has 0 aliphatic carbocycles. The van der Waals surface area contributed by atoms with Crippen molar-refractivity contribution in [3.05, 3.63) is 86.8 Å². The molecule has 3 rings (SSSR count). The van der Waals surface area contributed by atoms with Crippen LogP contribution >= 0.6 is 27.5 Å². The fourth-order valence-corrected chi connectivity index (χ4v) is 3.20. The molecule has 0 aliphatic heterocycles. The van der Waals surface area contributed by atoms with Crippen LogP contribution in [0, 0.1) is 6.92 Å². The maximum absolute atomic E-state index is 6.47. The zero-order valence-corrected chi connectivity index (χ0v) is 17.6. The molecule has 0 aromatic heterocycles. The Labute approximate surface area is 173 Å². The molecule has 0 saturated heterocycles. The van der Waals surface area contributed by atoms with Crippen LogP contribution in [0.4, 0.5) is 5.69 Å². The van der Waals surface area contributed by atoms with E-state index in [-0.39, 0.29) is 0 Å². The molecule has 0 unspecified atom stereocenters. The van der Waals surface area contributed by atoms with Crippen molar-refractivity contribution in [3.8, 4) is 11.5 Å². The van der Waals surface area contributed by atoms with E-state index in [0.717, 1.165) is 21.3 Å². The molecule has 0 atom stereocenters. The third kappa shape index (κ3) is 5.41. The zero-order valence-electron chi connectivity index (χ0n) is 15.3. The number of benzene rings is 3.